The molecule has 10 heteroatoms. The quantitative estimate of drug-likeness (QED) is 0.640. The van der Waals surface area contributed by atoms with Gasteiger partial charge in [0, 0.05) is 26.0 Å². The summed E-state index contributed by atoms with van der Waals surface area (Å²) in [6, 6.07) is 15.4. The van der Waals surface area contributed by atoms with E-state index in [4.69, 9.17) is 9.47 Å². The number of amides is 2. The molecular formula is C24H24F2N2O6. The summed E-state index contributed by atoms with van der Waals surface area (Å²) in [5.41, 5.74) is 2.30. The second kappa shape index (κ2) is 9.02. The van der Waals surface area contributed by atoms with Gasteiger partial charge in [-0.25, -0.2) is 9.59 Å². The van der Waals surface area contributed by atoms with Crippen molar-refractivity contribution in [1.82, 2.24) is 10.2 Å². The molecule has 1 aliphatic heterocycles. The number of carboxylic acid groups (broad SMARTS) is 1. The number of hydrogen-bond donors (Lipinski definition) is 2. The highest BCUT2D eigenvalue weighted by Crippen LogP contribution is 2.44. The zero-order valence-corrected chi connectivity index (χ0v) is 18.4. The van der Waals surface area contributed by atoms with Crippen LogP contribution in [0.25, 0.3) is 11.1 Å². The summed E-state index contributed by atoms with van der Waals surface area (Å²) in [5.74, 6) is -7.08. The number of alkyl halides is 2. The number of fused-ring (bicyclic) bond motifs is 3. The number of methoxy groups -OCH3 is 1. The first-order valence-electron chi connectivity index (χ1n) is 10.7. The van der Waals surface area contributed by atoms with Gasteiger partial charge in [-0.15, -0.1) is 0 Å². The number of nitrogens with zero attached hydrogens (tertiary/aromatic N) is 1. The SMILES string of the molecule is COC1(C(=O)O)CCN(C(=O)C(F)(F)CNC(=O)OCC2c3ccccc3-c3ccccc32)C1. The fourth-order valence-electron chi connectivity index (χ4n) is 4.52. The molecule has 1 fully saturated rings. The summed E-state index contributed by atoms with van der Waals surface area (Å²) in [4.78, 5) is 36.6. The zero-order chi connectivity index (χ0) is 24.5. The number of likely N-dealkylation sites (tertiary alicyclic amines) is 1. The molecular weight excluding hydrogens is 450 g/mol. The van der Waals surface area contributed by atoms with E-state index >= 15 is 0 Å². The Bertz CT molecular complexity index is 1080. The van der Waals surface area contributed by atoms with Crippen LogP contribution in [-0.4, -0.2) is 72.9 Å². The number of hydrogen-bond acceptors (Lipinski definition) is 5. The number of rotatable bonds is 7. The smallest absolute Gasteiger partial charge is 0.407 e. The van der Waals surface area contributed by atoms with Crippen LogP contribution < -0.4 is 5.32 Å². The molecule has 0 bridgehead atoms. The Hall–Kier alpha value is -3.53. The van der Waals surface area contributed by atoms with E-state index in [0.717, 1.165) is 34.3 Å². The molecule has 0 radical (unpaired) electrons. The number of nitrogens with one attached hydrogen (secondary N) is 1. The van der Waals surface area contributed by atoms with Crippen LogP contribution >= 0.6 is 0 Å². The minimum absolute atomic E-state index is 0.0551. The summed E-state index contributed by atoms with van der Waals surface area (Å²) in [7, 11) is 1.15. The number of carboxylic acids is 1. The number of carbonyl (C=O) groups is 3. The van der Waals surface area contributed by atoms with Crippen molar-refractivity contribution in [2.24, 2.45) is 0 Å². The zero-order valence-electron chi connectivity index (χ0n) is 18.4. The van der Waals surface area contributed by atoms with Crippen molar-refractivity contribution in [3.8, 4) is 11.1 Å². The van der Waals surface area contributed by atoms with Gasteiger partial charge in [-0.2, -0.15) is 8.78 Å². The van der Waals surface area contributed by atoms with Gasteiger partial charge in [0.05, 0.1) is 13.1 Å². The van der Waals surface area contributed by atoms with Gasteiger partial charge in [0.1, 0.15) is 6.61 Å². The van der Waals surface area contributed by atoms with Gasteiger partial charge in [0.15, 0.2) is 5.60 Å². The number of benzene rings is 2. The molecule has 2 amide bonds. The van der Waals surface area contributed by atoms with Crippen LogP contribution in [0.5, 0.6) is 0 Å². The summed E-state index contributed by atoms with van der Waals surface area (Å²) in [6.45, 7) is -2.02. The maximum atomic E-state index is 14.5. The molecule has 0 spiro atoms. The third kappa shape index (κ3) is 4.21. The van der Waals surface area contributed by atoms with Crippen LogP contribution in [0.1, 0.15) is 23.5 Å². The molecule has 1 atom stereocenters. The monoisotopic (exact) mass is 474 g/mol. The van der Waals surface area contributed by atoms with E-state index in [1.165, 1.54) is 0 Å². The van der Waals surface area contributed by atoms with E-state index in [0.29, 0.717) is 0 Å². The Balaban J connectivity index is 1.34. The average molecular weight is 474 g/mol. The molecule has 2 aromatic carbocycles. The molecule has 4 rings (SSSR count). The lowest BCUT2D eigenvalue weighted by Crippen LogP contribution is -2.51. The largest absolute Gasteiger partial charge is 0.479 e. The number of ether oxygens (including phenoxy) is 2. The number of alkyl carbamates (subject to hydrolysis) is 1. The van der Waals surface area contributed by atoms with Crippen molar-refractivity contribution in [1.29, 1.82) is 0 Å². The molecule has 0 saturated carbocycles. The van der Waals surface area contributed by atoms with Crippen LogP contribution in [0.4, 0.5) is 13.6 Å². The number of halogens is 2. The average Bonchev–Trinajstić information content (AvgIpc) is 3.42. The molecule has 1 unspecified atom stereocenters. The van der Waals surface area contributed by atoms with Crippen molar-refractivity contribution in [3.63, 3.8) is 0 Å². The van der Waals surface area contributed by atoms with Gasteiger partial charge < -0.3 is 24.8 Å². The Morgan fingerprint density at radius 1 is 1.12 bits per heavy atom. The summed E-state index contributed by atoms with van der Waals surface area (Å²) in [6.07, 6.45) is -1.19. The molecule has 2 aromatic rings. The fraction of sp³-hybridized carbons (Fsp3) is 0.375. The maximum absolute atomic E-state index is 14.5. The van der Waals surface area contributed by atoms with E-state index in [9.17, 15) is 28.3 Å². The molecule has 34 heavy (non-hydrogen) atoms. The van der Waals surface area contributed by atoms with Crippen LogP contribution in [0.3, 0.4) is 0 Å². The Morgan fingerprint density at radius 2 is 1.71 bits per heavy atom. The molecule has 2 N–H and O–H groups in total. The van der Waals surface area contributed by atoms with Crippen molar-refractivity contribution >= 4 is 18.0 Å². The van der Waals surface area contributed by atoms with Gasteiger partial charge in [0.25, 0.3) is 5.91 Å². The molecule has 0 aromatic heterocycles. The van der Waals surface area contributed by atoms with Crippen molar-refractivity contribution in [2.75, 3.05) is 33.4 Å². The van der Waals surface area contributed by atoms with Crippen molar-refractivity contribution < 1.29 is 37.7 Å². The lowest BCUT2D eigenvalue weighted by atomic mass is 9.98. The van der Waals surface area contributed by atoms with Crippen LogP contribution in [-0.2, 0) is 19.1 Å². The predicted octanol–water partition coefficient (Wildman–Crippen LogP) is 2.86. The van der Waals surface area contributed by atoms with E-state index in [-0.39, 0.29) is 25.5 Å². The van der Waals surface area contributed by atoms with Crippen LogP contribution in [0.15, 0.2) is 48.5 Å². The minimum atomic E-state index is -3.94. The highest BCUT2D eigenvalue weighted by atomic mass is 19.3. The second-order valence-corrected chi connectivity index (χ2v) is 8.36. The van der Waals surface area contributed by atoms with Gasteiger partial charge in [-0.3, -0.25) is 4.79 Å². The summed E-state index contributed by atoms with van der Waals surface area (Å²) in [5, 5.41) is 11.2. The Kier molecular flexibility index (Phi) is 6.26. The van der Waals surface area contributed by atoms with E-state index in [2.05, 4.69) is 0 Å². The second-order valence-electron chi connectivity index (χ2n) is 8.36. The molecule has 1 aliphatic carbocycles. The first-order chi connectivity index (χ1) is 16.2. The van der Waals surface area contributed by atoms with Crippen molar-refractivity contribution in [3.05, 3.63) is 59.7 Å². The fourth-order valence-corrected chi connectivity index (χ4v) is 4.52. The first-order valence-corrected chi connectivity index (χ1v) is 10.7. The standard InChI is InChI=1S/C24H24F2N2O6/c1-33-23(21(30)31)10-11-28(14-23)20(29)24(25,26)13-27-22(32)34-12-19-17-8-4-2-6-15(17)16-7-3-5-9-18(16)19/h2-9,19H,10-14H2,1H3,(H,27,32)(H,30,31). The number of carbonyl (C=O) groups excluding carboxylic acids is 2. The molecule has 1 saturated heterocycles. The lowest BCUT2D eigenvalue weighted by Gasteiger charge is -2.26. The third-order valence-electron chi connectivity index (χ3n) is 6.41. The predicted molar refractivity (Wildman–Crippen MR) is 117 cm³/mol. The van der Waals surface area contributed by atoms with E-state index in [1.54, 1.807) is 0 Å². The van der Waals surface area contributed by atoms with Gasteiger partial charge in [0.2, 0.25) is 0 Å². The highest BCUT2D eigenvalue weighted by Gasteiger charge is 2.51. The summed E-state index contributed by atoms with van der Waals surface area (Å²) >= 11 is 0. The van der Waals surface area contributed by atoms with E-state index in [1.807, 2.05) is 53.8 Å². The number of aliphatic carboxylic acids is 1. The van der Waals surface area contributed by atoms with Crippen LogP contribution in [0, 0.1) is 0 Å². The van der Waals surface area contributed by atoms with Gasteiger partial charge >= 0.3 is 18.0 Å². The van der Waals surface area contributed by atoms with E-state index < -0.39 is 42.6 Å². The van der Waals surface area contributed by atoms with Gasteiger partial charge in [-0.1, -0.05) is 48.5 Å². The minimum Gasteiger partial charge on any atom is -0.479 e. The lowest BCUT2D eigenvalue weighted by molar-refractivity contribution is -0.164. The first kappa shape index (κ1) is 23.6. The molecule has 1 heterocycles. The highest BCUT2D eigenvalue weighted by molar-refractivity contribution is 5.87. The molecule has 2 aliphatic rings. The maximum Gasteiger partial charge on any atom is 0.407 e. The van der Waals surface area contributed by atoms with Crippen molar-refractivity contribution in [2.45, 2.75) is 23.9 Å². The topological polar surface area (TPSA) is 105 Å². The molecule has 8 nitrogen and oxygen atoms in total. The third-order valence-corrected chi connectivity index (χ3v) is 6.41. The Morgan fingerprint density at radius 3 is 2.24 bits per heavy atom. The Labute approximate surface area is 194 Å². The molecule has 180 valence electrons. The summed E-state index contributed by atoms with van der Waals surface area (Å²) < 4.78 is 39.1. The van der Waals surface area contributed by atoms with Gasteiger partial charge in [-0.05, 0) is 22.3 Å². The van der Waals surface area contributed by atoms with Crippen LogP contribution in [0.2, 0.25) is 0 Å². The normalized spacial score (nSPS) is 19.4.